The van der Waals surface area contributed by atoms with Crippen molar-refractivity contribution in [1.82, 2.24) is 9.80 Å². The predicted octanol–water partition coefficient (Wildman–Crippen LogP) is 2.03. The standard InChI is InChI=1S/C17H27N3/c1-19(2)12-14-7-5-11-20(14)16-10-9-13-6-3-4-8-15(13)17(16)18/h3-4,6,8,14,16-17H,5,7,9-12,18H2,1-2H3. The Hall–Kier alpha value is -0.900. The fourth-order valence-corrected chi connectivity index (χ4v) is 4.06. The fraction of sp³-hybridized carbons (Fsp3) is 0.647. The van der Waals surface area contributed by atoms with E-state index in [1.165, 1.54) is 43.4 Å². The van der Waals surface area contributed by atoms with Crippen molar-refractivity contribution in [3.8, 4) is 0 Å². The van der Waals surface area contributed by atoms with Gasteiger partial charge in [0.15, 0.2) is 0 Å². The average molecular weight is 273 g/mol. The molecule has 20 heavy (non-hydrogen) atoms. The number of likely N-dealkylation sites (tertiary alicyclic amines) is 1. The molecule has 3 unspecified atom stereocenters. The first kappa shape index (κ1) is 14.1. The third-order valence-corrected chi connectivity index (χ3v) is 4.96. The van der Waals surface area contributed by atoms with Gasteiger partial charge < -0.3 is 10.6 Å². The second-order valence-electron chi connectivity index (χ2n) is 6.63. The number of nitrogens with zero attached hydrogens (tertiary/aromatic N) is 2. The maximum atomic E-state index is 6.61. The second-order valence-corrected chi connectivity index (χ2v) is 6.63. The third-order valence-electron chi connectivity index (χ3n) is 4.96. The minimum absolute atomic E-state index is 0.183. The SMILES string of the molecule is CN(C)CC1CCCN1C1CCc2ccccc2C1N. The summed E-state index contributed by atoms with van der Waals surface area (Å²) < 4.78 is 0. The minimum Gasteiger partial charge on any atom is -0.323 e. The number of fused-ring (bicyclic) bond motifs is 1. The van der Waals surface area contributed by atoms with Crippen molar-refractivity contribution >= 4 is 0 Å². The summed E-state index contributed by atoms with van der Waals surface area (Å²) in [5, 5.41) is 0. The Kier molecular flexibility index (Phi) is 4.11. The molecule has 0 bridgehead atoms. The number of likely N-dealkylation sites (N-methyl/N-ethyl adjacent to an activating group) is 1. The molecule has 1 saturated heterocycles. The lowest BCUT2D eigenvalue weighted by Gasteiger charge is -2.41. The largest absolute Gasteiger partial charge is 0.323 e. The molecule has 2 aliphatic rings. The number of rotatable bonds is 3. The van der Waals surface area contributed by atoms with E-state index in [0.717, 1.165) is 6.54 Å². The van der Waals surface area contributed by atoms with E-state index in [9.17, 15) is 0 Å². The molecular weight excluding hydrogens is 246 g/mol. The monoisotopic (exact) mass is 273 g/mol. The lowest BCUT2D eigenvalue weighted by Crippen LogP contribution is -2.50. The van der Waals surface area contributed by atoms with E-state index >= 15 is 0 Å². The molecule has 1 aromatic carbocycles. The van der Waals surface area contributed by atoms with Crippen molar-refractivity contribution in [3.05, 3.63) is 35.4 Å². The molecule has 1 heterocycles. The number of hydrogen-bond acceptors (Lipinski definition) is 3. The van der Waals surface area contributed by atoms with Gasteiger partial charge in [0.1, 0.15) is 0 Å². The van der Waals surface area contributed by atoms with E-state index in [2.05, 4.69) is 48.2 Å². The zero-order valence-corrected chi connectivity index (χ0v) is 12.8. The van der Waals surface area contributed by atoms with Crippen LogP contribution in [0.4, 0.5) is 0 Å². The minimum atomic E-state index is 0.183. The zero-order valence-electron chi connectivity index (χ0n) is 12.8. The molecule has 0 spiro atoms. The Morgan fingerprint density at radius 1 is 1.25 bits per heavy atom. The number of aryl methyl sites for hydroxylation is 1. The van der Waals surface area contributed by atoms with Crippen molar-refractivity contribution in [3.63, 3.8) is 0 Å². The molecule has 2 N–H and O–H groups in total. The summed E-state index contributed by atoms with van der Waals surface area (Å²) in [6, 6.07) is 10.1. The topological polar surface area (TPSA) is 32.5 Å². The van der Waals surface area contributed by atoms with Crippen molar-refractivity contribution in [2.75, 3.05) is 27.2 Å². The van der Waals surface area contributed by atoms with Crippen LogP contribution in [0.5, 0.6) is 0 Å². The van der Waals surface area contributed by atoms with Gasteiger partial charge in [-0.05, 0) is 57.5 Å². The van der Waals surface area contributed by atoms with E-state index in [4.69, 9.17) is 5.73 Å². The highest BCUT2D eigenvalue weighted by Crippen LogP contribution is 2.34. The van der Waals surface area contributed by atoms with Gasteiger partial charge in [0.25, 0.3) is 0 Å². The molecule has 3 nitrogen and oxygen atoms in total. The maximum absolute atomic E-state index is 6.61. The van der Waals surface area contributed by atoms with E-state index in [1.54, 1.807) is 0 Å². The molecule has 1 aliphatic heterocycles. The lowest BCUT2D eigenvalue weighted by atomic mass is 9.83. The van der Waals surface area contributed by atoms with E-state index < -0.39 is 0 Å². The van der Waals surface area contributed by atoms with Gasteiger partial charge in [-0.2, -0.15) is 0 Å². The summed E-state index contributed by atoms with van der Waals surface area (Å²) >= 11 is 0. The van der Waals surface area contributed by atoms with Crippen LogP contribution in [0.15, 0.2) is 24.3 Å². The molecule has 0 aromatic heterocycles. The molecule has 3 heteroatoms. The lowest BCUT2D eigenvalue weighted by molar-refractivity contribution is 0.121. The Morgan fingerprint density at radius 3 is 2.85 bits per heavy atom. The molecule has 3 atom stereocenters. The van der Waals surface area contributed by atoms with Gasteiger partial charge in [0.2, 0.25) is 0 Å². The van der Waals surface area contributed by atoms with Gasteiger partial charge in [0, 0.05) is 24.7 Å². The molecule has 1 aromatic rings. The van der Waals surface area contributed by atoms with Gasteiger partial charge in [-0.3, -0.25) is 4.90 Å². The molecule has 0 amide bonds. The van der Waals surface area contributed by atoms with Gasteiger partial charge in [0.05, 0.1) is 0 Å². The first-order valence-corrected chi connectivity index (χ1v) is 7.90. The summed E-state index contributed by atoms with van der Waals surface area (Å²) in [5.74, 6) is 0. The highest BCUT2D eigenvalue weighted by molar-refractivity contribution is 5.33. The van der Waals surface area contributed by atoms with Crippen LogP contribution in [0, 0.1) is 0 Å². The Balaban J connectivity index is 1.78. The van der Waals surface area contributed by atoms with Crippen LogP contribution in [-0.2, 0) is 6.42 Å². The highest BCUT2D eigenvalue weighted by Gasteiger charge is 2.36. The zero-order chi connectivity index (χ0) is 14.1. The van der Waals surface area contributed by atoms with E-state index in [1.807, 2.05) is 0 Å². The summed E-state index contributed by atoms with van der Waals surface area (Å²) in [6.07, 6.45) is 5.04. The number of nitrogens with two attached hydrogens (primary N) is 1. The van der Waals surface area contributed by atoms with Crippen LogP contribution in [0.3, 0.4) is 0 Å². The van der Waals surface area contributed by atoms with Gasteiger partial charge in [-0.1, -0.05) is 24.3 Å². The predicted molar refractivity (Wildman–Crippen MR) is 83.8 cm³/mol. The summed E-state index contributed by atoms with van der Waals surface area (Å²) in [5.41, 5.74) is 9.44. The van der Waals surface area contributed by atoms with Crippen LogP contribution < -0.4 is 5.73 Å². The van der Waals surface area contributed by atoms with Crippen LogP contribution in [-0.4, -0.2) is 49.1 Å². The van der Waals surface area contributed by atoms with Crippen LogP contribution in [0.1, 0.15) is 36.4 Å². The molecule has 110 valence electrons. The van der Waals surface area contributed by atoms with Gasteiger partial charge in [-0.25, -0.2) is 0 Å². The summed E-state index contributed by atoms with van der Waals surface area (Å²) in [4.78, 5) is 5.01. The van der Waals surface area contributed by atoms with Crippen molar-refractivity contribution in [2.45, 2.75) is 43.8 Å². The molecule has 3 rings (SSSR count). The third kappa shape index (κ3) is 2.62. The Morgan fingerprint density at radius 2 is 2.05 bits per heavy atom. The first-order chi connectivity index (χ1) is 9.66. The summed E-state index contributed by atoms with van der Waals surface area (Å²) in [6.45, 7) is 2.38. The second kappa shape index (κ2) is 5.84. The molecule has 0 radical (unpaired) electrons. The molecule has 1 aliphatic carbocycles. The Bertz CT molecular complexity index is 457. The van der Waals surface area contributed by atoms with E-state index in [0.29, 0.717) is 12.1 Å². The first-order valence-electron chi connectivity index (χ1n) is 7.90. The van der Waals surface area contributed by atoms with Crippen LogP contribution in [0.25, 0.3) is 0 Å². The number of benzene rings is 1. The van der Waals surface area contributed by atoms with Crippen molar-refractivity contribution in [2.24, 2.45) is 5.73 Å². The van der Waals surface area contributed by atoms with Crippen molar-refractivity contribution < 1.29 is 0 Å². The quantitative estimate of drug-likeness (QED) is 0.914. The average Bonchev–Trinajstić information content (AvgIpc) is 2.87. The molecular formula is C17H27N3. The van der Waals surface area contributed by atoms with Crippen LogP contribution >= 0.6 is 0 Å². The summed E-state index contributed by atoms with van der Waals surface area (Å²) in [7, 11) is 4.35. The smallest absolute Gasteiger partial charge is 0.0456 e. The van der Waals surface area contributed by atoms with Crippen LogP contribution in [0.2, 0.25) is 0 Å². The van der Waals surface area contributed by atoms with Gasteiger partial charge in [-0.15, -0.1) is 0 Å². The fourth-order valence-electron chi connectivity index (χ4n) is 4.06. The normalized spacial score (nSPS) is 30.7. The number of hydrogen-bond donors (Lipinski definition) is 1. The van der Waals surface area contributed by atoms with Crippen molar-refractivity contribution in [1.29, 1.82) is 0 Å². The molecule has 1 fully saturated rings. The molecule has 0 saturated carbocycles. The van der Waals surface area contributed by atoms with E-state index in [-0.39, 0.29) is 6.04 Å². The Labute approximate surface area is 122 Å². The highest BCUT2D eigenvalue weighted by atomic mass is 15.3. The van der Waals surface area contributed by atoms with Gasteiger partial charge >= 0.3 is 0 Å². The maximum Gasteiger partial charge on any atom is 0.0456 e.